The average molecular weight is 360 g/mol. The molecular formula is C20H22FNS2. The summed E-state index contributed by atoms with van der Waals surface area (Å²) in [6.07, 6.45) is 2.03. The molecule has 0 radical (unpaired) electrons. The van der Waals surface area contributed by atoms with Gasteiger partial charge in [0.15, 0.2) is 0 Å². The van der Waals surface area contributed by atoms with Crippen LogP contribution in [0.1, 0.15) is 19.4 Å². The monoisotopic (exact) mass is 359 g/mol. The Hall–Kier alpha value is -1.52. The largest absolute Gasteiger partial charge is 0.242 e. The van der Waals surface area contributed by atoms with E-state index in [-0.39, 0.29) is 5.82 Å². The molecule has 0 aliphatic heterocycles. The van der Waals surface area contributed by atoms with Crippen molar-refractivity contribution in [3.63, 3.8) is 0 Å². The van der Waals surface area contributed by atoms with Crippen LogP contribution in [0.25, 0.3) is 0 Å². The molecule has 0 atom stereocenters. The van der Waals surface area contributed by atoms with Gasteiger partial charge in [-0.25, -0.2) is 9.38 Å². The van der Waals surface area contributed by atoms with Crippen molar-refractivity contribution in [1.82, 2.24) is 0 Å². The average Bonchev–Trinajstić information content (AvgIpc) is 2.56. The zero-order chi connectivity index (χ0) is 17.4. The lowest BCUT2D eigenvalue weighted by molar-refractivity contribution is 0.626. The van der Waals surface area contributed by atoms with E-state index in [0.717, 1.165) is 21.4 Å². The van der Waals surface area contributed by atoms with Crippen molar-refractivity contribution in [2.24, 2.45) is 10.9 Å². The first-order valence-electron chi connectivity index (χ1n) is 7.90. The van der Waals surface area contributed by atoms with Crippen molar-refractivity contribution >= 4 is 34.3 Å². The van der Waals surface area contributed by atoms with E-state index >= 15 is 0 Å². The minimum absolute atomic E-state index is 0.211. The third kappa shape index (κ3) is 6.93. The number of thioether (sulfide) groups is 2. The molecule has 0 amide bonds. The Kier molecular flexibility index (Phi) is 7.60. The zero-order valence-corrected chi connectivity index (χ0v) is 15.8. The number of halogens is 1. The molecule has 0 aliphatic rings. The minimum Gasteiger partial charge on any atom is -0.242 e. The van der Waals surface area contributed by atoms with Crippen LogP contribution >= 0.6 is 23.5 Å². The smallest absolute Gasteiger partial charge is 0.123 e. The topological polar surface area (TPSA) is 12.4 Å². The Morgan fingerprint density at radius 2 is 1.75 bits per heavy atom. The normalized spacial score (nSPS) is 12.3. The van der Waals surface area contributed by atoms with Gasteiger partial charge >= 0.3 is 0 Å². The molecule has 0 saturated carbocycles. The predicted octanol–water partition coefficient (Wildman–Crippen LogP) is 6.86. The van der Waals surface area contributed by atoms with E-state index in [2.05, 4.69) is 32.9 Å². The summed E-state index contributed by atoms with van der Waals surface area (Å²) in [6.45, 7) is 6.47. The highest BCUT2D eigenvalue weighted by Crippen LogP contribution is 2.22. The lowest BCUT2D eigenvalue weighted by Crippen LogP contribution is -1.95. The van der Waals surface area contributed by atoms with E-state index in [1.807, 2.05) is 23.6 Å². The third-order valence-corrected chi connectivity index (χ3v) is 5.24. The Balaban J connectivity index is 2.08. The van der Waals surface area contributed by atoms with Gasteiger partial charge in [0.05, 0.1) is 10.7 Å². The SMILES string of the molecule is Cc1ccc(N=C(C=CSc2ccc(F)cc2)SCC(C)C)cc1. The van der Waals surface area contributed by atoms with Crippen LogP contribution in [0, 0.1) is 18.7 Å². The van der Waals surface area contributed by atoms with E-state index in [1.165, 1.54) is 17.7 Å². The third-order valence-electron chi connectivity index (χ3n) is 3.07. The highest BCUT2D eigenvalue weighted by atomic mass is 32.2. The van der Waals surface area contributed by atoms with E-state index in [9.17, 15) is 4.39 Å². The van der Waals surface area contributed by atoms with Gasteiger partial charge in [-0.3, -0.25) is 0 Å². The first-order chi connectivity index (χ1) is 11.5. The number of benzene rings is 2. The number of nitrogens with zero attached hydrogens (tertiary/aromatic N) is 1. The molecule has 0 fully saturated rings. The van der Waals surface area contributed by atoms with Crippen LogP contribution in [0.5, 0.6) is 0 Å². The maximum Gasteiger partial charge on any atom is 0.123 e. The Labute approximate surface area is 152 Å². The predicted molar refractivity (Wildman–Crippen MR) is 107 cm³/mol. The summed E-state index contributed by atoms with van der Waals surface area (Å²) in [5.41, 5.74) is 2.19. The summed E-state index contributed by atoms with van der Waals surface area (Å²) in [5.74, 6) is 1.42. The zero-order valence-electron chi connectivity index (χ0n) is 14.2. The summed E-state index contributed by atoms with van der Waals surface area (Å²) in [6, 6.07) is 14.7. The van der Waals surface area contributed by atoms with Gasteiger partial charge in [0, 0.05) is 10.6 Å². The molecule has 2 aromatic carbocycles. The van der Waals surface area contributed by atoms with Crippen LogP contribution < -0.4 is 0 Å². The first kappa shape index (κ1) is 18.8. The van der Waals surface area contributed by atoms with Crippen molar-refractivity contribution in [1.29, 1.82) is 0 Å². The lowest BCUT2D eigenvalue weighted by atomic mass is 10.2. The Morgan fingerprint density at radius 3 is 2.38 bits per heavy atom. The molecule has 1 nitrogen and oxygen atoms in total. The molecule has 0 bridgehead atoms. The quantitative estimate of drug-likeness (QED) is 0.317. The molecule has 0 N–H and O–H groups in total. The first-order valence-corrected chi connectivity index (χ1v) is 9.76. The number of hydrogen-bond acceptors (Lipinski definition) is 3. The van der Waals surface area contributed by atoms with Gasteiger partial charge in [-0.15, -0.1) is 11.8 Å². The Bertz CT molecular complexity index is 689. The van der Waals surface area contributed by atoms with Gasteiger partial charge in [0.2, 0.25) is 0 Å². The molecule has 2 aromatic rings. The molecule has 126 valence electrons. The van der Waals surface area contributed by atoms with Crippen molar-refractivity contribution in [3.8, 4) is 0 Å². The van der Waals surface area contributed by atoms with Gasteiger partial charge in [0.25, 0.3) is 0 Å². The molecule has 24 heavy (non-hydrogen) atoms. The summed E-state index contributed by atoms with van der Waals surface area (Å²) < 4.78 is 12.9. The van der Waals surface area contributed by atoms with Gasteiger partial charge in [0.1, 0.15) is 5.82 Å². The fraction of sp³-hybridized carbons (Fsp3) is 0.250. The maximum absolute atomic E-state index is 12.9. The molecule has 0 unspecified atom stereocenters. The highest BCUT2D eigenvalue weighted by molar-refractivity contribution is 8.14. The lowest BCUT2D eigenvalue weighted by Gasteiger charge is -2.05. The number of aliphatic imine (C=N–C) groups is 1. The van der Waals surface area contributed by atoms with Crippen LogP contribution in [-0.2, 0) is 0 Å². The summed E-state index contributed by atoms with van der Waals surface area (Å²) in [7, 11) is 0. The van der Waals surface area contributed by atoms with Crippen LogP contribution in [0.4, 0.5) is 10.1 Å². The molecule has 0 aromatic heterocycles. The fourth-order valence-corrected chi connectivity index (χ4v) is 3.37. The molecular weight excluding hydrogens is 337 g/mol. The summed E-state index contributed by atoms with van der Waals surface area (Å²) >= 11 is 3.32. The molecule has 0 heterocycles. The summed E-state index contributed by atoms with van der Waals surface area (Å²) in [5, 5.41) is 3.00. The second-order valence-corrected chi connectivity index (χ2v) is 7.88. The van der Waals surface area contributed by atoms with Gasteiger partial charge < -0.3 is 0 Å². The van der Waals surface area contributed by atoms with Crippen molar-refractivity contribution < 1.29 is 4.39 Å². The number of hydrogen-bond donors (Lipinski definition) is 0. The van der Waals surface area contributed by atoms with E-state index < -0.39 is 0 Å². The van der Waals surface area contributed by atoms with Crippen LogP contribution in [-0.4, -0.2) is 10.8 Å². The Morgan fingerprint density at radius 1 is 1.08 bits per heavy atom. The van der Waals surface area contributed by atoms with Gasteiger partial charge in [-0.1, -0.05) is 43.3 Å². The van der Waals surface area contributed by atoms with Crippen molar-refractivity contribution in [2.75, 3.05) is 5.75 Å². The number of rotatable bonds is 6. The van der Waals surface area contributed by atoms with E-state index in [4.69, 9.17) is 4.99 Å². The fourth-order valence-electron chi connectivity index (χ4n) is 1.80. The molecule has 0 saturated heterocycles. The molecule has 2 rings (SSSR count). The van der Waals surface area contributed by atoms with E-state index in [1.54, 1.807) is 35.7 Å². The van der Waals surface area contributed by atoms with Gasteiger partial charge in [-0.05, 0) is 60.7 Å². The maximum atomic E-state index is 12.9. The van der Waals surface area contributed by atoms with Crippen LogP contribution in [0.3, 0.4) is 0 Å². The molecule has 0 spiro atoms. The number of aryl methyl sites for hydroxylation is 1. The van der Waals surface area contributed by atoms with Crippen LogP contribution in [0.15, 0.2) is 69.9 Å². The minimum atomic E-state index is -0.211. The van der Waals surface area contributed by atoms with Crippen LogP contribution in [0.2, 0.25) is 0 Å². The second-order valence-electron chi connectivity index (χ2n) is 5.86. The summed E-state index contributed by atoms with van der Waals surface area (Å²) in [4.78, 5) is 5.75. The molecule has 0 aliphatic carbocycles. The standard InChI is InChI=1S/C20H22FNS2/c1-15(2)14-24-20(22-18-8-4-16(3)5-9-18)12-13-23-19-10-6-17(21)7-11-19/h4-13,15H,14H2,1-3H3. The van der Waals surface area contributed by atoms with E-state index in [0.29, 0.717) is 5.92 Å². The van der Waals surface area contributed by atoms with Crippen molar-refractivity contribution in [3.05, 3.63) is 71.4 Å². The second kappa shape index (κ2) is 9.70. The van der Waals surface area contributed by atoms with Gasteiger partial charge in [-0.2, -0.15) is 0 Å². The highest BCUT2D eigenvalue weighted by Gasteiger charge is 2.01. The van der Waals surface area contributed by atoms with Crippen molar-refractivity contribution in [2.45, 2.75) is 25.7 Å². The molecule has 4 heteroatoms.